The van der Waals surface area contributed by atoms with Crippen molar-refractivity contribution in [3.8, 4) is 77.9 Å². The Balaban J connectivity index is 0.000000103. The third-order valence-corrected chi connectivity index (χ3v) is 26.2. The van der Waals surface area contributed by atoms with E-state index in [9.17, 15) is 0 Å². The lowest BCUT2D eigenvalue weighted by Crippen LogP contribution is -1.98. The molecule has 0 spiro atoms. The van der Waals surface area contributed by atoms with Crippen LogP contribution < -0.4 is 0 Å². The molecule has 0 unspecified atom stereocenters. The van der Waals surface area contributed by atoms with Crippen LogP contribution in [0.5, 0.6) is 0 Å². The molecule has 7 aromatic carbocycles. The summed E-state index contributed by atoms with van der Waals surface area (Å²) in [5.41, 5.74) is 67.1. The molecule has 0 N–H and O–H groups in total. The molecule has 7 heterocycles. The van der Waals surface area contributed by atoms with Gasteiger partial charge < -0.3 is 0 Å². The van der Waals surface area contributed by atoms with Crippen molar-refractivity contribution in [3.63, 3.8) is 0 Å². The van der Waals surface area contributed by atoms with Crippen LogP contribution >= 0.6 is 0 Å². The van der Waals surface area contributed by atoms with Crippen molar-refractivity contribution < 1.29 is 0 Å². The Hall–Kier alpha value is -11.4. The number of fused-ring (bicyclic) bond motifs is 21. The number of hydrogen-bond acceptors (Lipinski definition) is 7. The summed E-state index contributed by atoms with van der Waals surface area (Å²) in [4.78, 5) is 31.6. The van der Waals surface area contributed by atoms with Crippen molar-refractivity contribution in [2.24, 2.45) is 0 Å². The average molecular weight is 1470 g/mol. The molecule has 0 radical (unpaired) electrons. The smallest absolute Gasteiger partial charge is 0.0529 e. The van der Waals surface area contributed by atoms with Crippen LogP contribution in [0.25, 0.3) is 77.9 Å². The van der Waals surface area contributed by atoms with E-state index in [1.807, 2.05) is 61.4 Å². The van der Waals surface area contributed by atoms with Gasteiger partial charge in [0, 0.05) is 127 Å². The van der Waals surface area contributed by atoms with Gasteiger partial charge in [0.1, 0.15) is 0 Å². The second kappa shape index (κ2) is 30.7. The molecule has 0 aliphatic heterocycles. The quantitative estimate of drug-likeness (QED) is 0.149. The van der Waals surface area contributed by atoms with E-state index in [4.69, 9.17) is 0 Å². The van der Waals surface area contributed by atoms with Gasteiger partial charge in [-0.05, 0) is 377 Å². The minimum absolute atomic E-state index is 0.998. The molecule has 21 rings (SSSR count). The van der Waals surface area contributed by atoms with E-state index >= 15 is 0 Å². The minimum atomic E-state index is 0.998. The van der Waals surface area contributed by atoms with Crippen LogP contribution in [-0.2, 0) is 44.9 Å². The molecule has 7 nitrogen and oxygen atoms in total. The first-order valence-corrected chi connectivity index (χ1v) is 40.1. The van der Waals surface area contributed by atoms with Gasteiger partial charge in [-0.25, -0.2) is 0 Å². The van der Waals surface area contributed by atoms with Crippen molar-refractivity contribution in [2.45, 2.75) is 190 Å². The summed E-state index contributed by atoms with van der Waals surface area (Å²) in [7, 11) is 0. The highest BCUT2D eigenvalue weighted by atomic mass is 14.7. The lowest BCUT2D eigenvalue weighted by atomic mass is 9.89. The Labute approximate surface area is 665 Å². The monoisotopic (exact) mass is 1460 g/mol. The minimum Gasteiger partial charge on any atom is -0.260 e. The first-order chi connectivity index (χ1) is 53.8. The molecule has 14 aromatic rings. The van der Waals surface area contributed by atoms with Crippen LogP contribution in [0.3, 0.4) is 0 Å². The van der Waals surface area contributed by atoms with Crippen molar-refractivity contribution in [3.05, 3.63) is 366 Å². The Bertz CT molecular complexity index is 6180. The fourth-order valence-electron chi connectivity index (χ4n) is 18.3. The van der Waals surface area contributed by atoms with E-state index < -0.39 is 0 Å². The fraction of sp³-hybridized carbons (Fsp3) is 0.267. The third kappa shape index (κ3) is 13.8. The maximum Gasteiger partial charge on any atom is 0.0529 e. The fourth-order valence-corrected chi connectivity index (χ4v) is 18.3. The zero-order valence-corrected chi connectivity index (χ0v) is 69.7. The Morgan fingerprint density at radius 1 is 0.196 bits per heavy atom. The normalized spacial score (nSPS) is 12.4. The first kappa shape index (κ1) is 76.0. The molecule has 0 saturated carbocycles. The van der Waals surface area contributed by atoms with Gasteiger partial charge in [-0.3, -0.25) is 34.9 Å². The largest absolute Gasteiger partial charge is 0.260 e. The zero-order valence-electron chi connectivity index (χ0n) is 69.7. The zero-order chi connectivity index (χ0) is 79.0. The summed E-state index contributed by atoms with van der Waals surface area (Å²) in [6.07, 6.45) is 18.4. The van der Waals surface area contributed by atoms with E-state index in [1.165, 1.54) is 268 Å². The number of rotatable bonds is 0. The number of aryl methyl sites for hydroxylation is 10. The van der Waals surface area contributed by atoms with Crippen LogP contribution in [0.1, 0.15) is 196 Å². The van der Waals surface area contributed by atoms with Gasteiger partial charge in [-0.2, -0.15) is 0 Å². The highest BCUT2D eigenvalue weighted by Gasteiger charge is 2.30. The molecule has 7 aromatic heterocycles. The highest BCUT2D eigenvalue weighted by Crippen LogP contribution is 2.47. The maximum atomic E-state index is 4.64. The van der Waals surface area contributed by atoms with Gasteiger partial charge in [-0.1, -0.05) is 91.0 Å². The van der Waals surface area contributed by atoms with Crippen molar-refractivity contribution in [1.82, 2.24) is 34.9 Å². The van der Waals surface area contributed by atoms with Gasteiger partial charge in [0.05, 0.1) is 39.9 Å². The lowest BCUT2D eigenvalue weighted by Gasteiger charge is -2.15. The number of aromatic nitrogens is 7. The molecular weight excluding hydrogens is 1360 g/mol. The molecule has 0 saturated heterocycles. The van der Waals surface area contributed by atoms with E-state index in [1.54, 1.807) is 0 Å². The van der Waals surface area contributed by atoms with Crippen molar-refractivity contribution >= 4 is 0 Å². The third-order valence-electron chi connectivity index (χ3n) is 26.2. The van der Waals surface area contributed by atoms with Crippen LogP contribution in [-0.4, -0.2) is 34.9 Å². The average Bonchev–Trinajstić information content (AvgIpc) is 1.61. The summed E-state index contributed by atoms with van der Waals surface area (Å²) in [6.45, 7) is 46.1. The number of hydrogen-bond donors (Lipinski definition) is 0. The molecule has 0 amide bonds. The molecule has 7 aliphatic rings. The van der Waals surface area contributed by atoms with Gasteiger partial charge in [0.2, 0.25) is 0 Å². The van der Waals surface area contributed by atoms with Crippen LogP contribution in [0.2, 0.25) is 0 Å². The van der Waals surface area contributed by atoms with E-state index in [0.717, 1.165) is 50.6 Å². The Morgan fingerprint density at radius 3 is 1.11 bits per heavy atom. The molecule has 7 aliphatic carbocycles. The molecule has 560 valence electrons. The second-order valence-corrected chi connectivity index (χ2v) is 32.6. The van der Waals surface area contributed by atoms with E-state index in [2.05, 4.69) is 289 Å². The predicted octanol–water partition coefficient (Wildman–Crippen LogP) is 25.0. The lowest BCUT2D eigenvalue weighted by molar-refractivity contribution is 1.06. The Morgan fingerprint density at radius 2 is 0.562 bits per heavy atom. The summed E-state index contributed by atoms with van der Waals surface area (Å²) < 4.78 is 0. The highest BCUT2D eigenvalue weighted by molar-refractivity contribution is 5.85. The summed E-state index contributed by atoms with van der Waals surface area (Å²) in [5.74, 6) is 0. The van der Waals surface area contributed by atoms with Crippen molar-refractivity contribution in [2.75, 3.05) is 0 Å². The maximum absolute atomic E-state index is 4.64. The number of benzene rings is 7. The van der Waals surface area contributed by atoms with Crippen molar-refractivity contribution in [1.29, 1.82) is 0 Å². The van der Waals surface area contributed by atoms with Crippen LogP contribution in [0.4, 0.5) is 0 Å². The van der Waals surface area contributed by atoms with Gasteiger partial charge in [-0.15, -0.1) is 0 Å². The molecule has 112 heavy (non-hydrogen) atoms. The summed E-state index contributed by atoms with van der Waals surface area (Å²) >= 11 is 0. The predicted molar refractivity (Wildman–Crippen MR) is 467 cm³/mol. The second-order valence-electron chi connectivity index (χ2n) is 32.6. The molecular formula is C105H105N7. The SMILES string of the molecule is Cc1c(C)c(C)c2c(c1C)Cc1ncccc1-2.Cc1cc(C)c2c(c1C)Cc1ncccc1-2.Cc1cc2c(c(C)c1C)Cc1ncccc1-2.Cc1ccc2c(c1C)Cc1nccc(C)c1-2.Cc1ccc2c(c1C)Cc1ncccc1-2.Cc1ccc2c(n1)Cc1c-2ccc(C)c1C.Cc1cnc2c(c1)-c1ccc(C)c(C)c1C2. The molecule has 0 atom stereocenters. The molecule has 0 fully saturated rings. The summed E-state index contributed by atoms with van der Waals surface area (Å²) in [6, 6.07) is 47.9. The Kier molecular flexibility index (Phi) is 20.8. The van der Waals surface area contributed by atoms with Crippen LogP contribution in [0, 0.1) is 145 Å². The standard InChI is InChI=1S/C16H17N.5C15H15N.C14H13N/c1-9-10(2)12(4)16-13-6-5-7-17-15(13)8-14(16)11(9)3;1-9-4-6-12-13-7-5-10(2)16-15(13)8-14(12)11(9)3;1-9-6-14-12-5-4-10(2)11(3)13(12)7-15(14)16-8-9;1-9-4-5-12-13(11(9)3)8-14-15(12)10(2)6-7-16-14;1-9-7-14-12-5-4-6-16-15(12)8-13(14)11(3)10(9)2;1-9-7-10(2)15-12-5-4-6-16-14(12)8-13(15)11(9)3;1-9-5-6-11-12-4-3-7-15-14(12)8-13(11)10(9)2/h5-7H,8H2,1-4H3;4-7H,8H2,1-3H3;4-6,8H,7H2,1-3H3;3*4-7H,8H2,1-3H3;3-7H,8H2,1-2H3. The summed E-state index contributed by atoms with van der Waals surface area (Å²) in [5, 5.41) is 0. The number of pyridine rings is 7. The number of nitrogens with zero attached hydrogens (tertiary/aromatic N) is 7. The van der Waals surface area contributed by atoms with E-state index in [-0.39, 0.29) is 0 Å². The molecule has 0 bridgehead atoms. The van der Waals surface area contributed by atoms with Gasteiger partial charge in [0.15, 0.2) is 0 Å². The first-order valence-electron chi connectivity index (χ1n) is 40.1. The van der Waals surface area contributed by atoms with Gasteiger partial charge >= 0.3 is 0 Å². The van der Waals surface area contributed by atoms with Crippen LogP contribution in [0.15, 0.2) is 171 Å². The van der Waals surface area contributed by atoms with E-state index in [0.29, 0.717) is 0 Å². The molecule has 7 heteroatoms. The van der Waals surface area contributed by atoms with Gasteiger partial charge in [0.25, 0.3) is 0 Å². The topological polar surface area (TPSA) is 90.2 Å².